The Balaban J connectivity index is 2.42. The van der Waals surface area contributed by atoms with Gasteiger partial charge in [0.05, 0.1) is 17.2 Å². The van der Waals surface area contributed by atoms with Crippen LogP contribution in [0, 0.1) is 5.92 Å². The Bertz CT molecular complexity index is 571. The van der Waals surface area contributed by atoms with Crippen molar-refractivity contribution in [2.75, 3.05) is 11.4 Å². The second-order valence-electron chi connectivity index (χ2n) is 4.21. The number of nitrogens with zero attached hydrogens (tertiary/aromatic N) is 1. The molecular formula is C12H10BrNO5. The number of carboxylic acid groups (broad SMARTS) is 2. The Morgan fingerprint density at radius 1 is 1.32 bits per heavy atom. The van der Waals surface area contributed by atoms with Gasteiger partial charge in [0, 0.05) is 17.4 Å². The van der Waals surface area contributed by atoms with E-state index in [1.807, 2.05) is 0 Å². The predicted octanol–water partition coefficient (Wildman–Crippen LogP) is 1.58. The molecule has 6 nitrogen and oxygen atoms in total. The summed E-state index contributed by atoms with van der Waals surface area (Å²) >= 11 is 3.21. The lowest BCUT2D eigenvalue weighted by Gasteiger charge is -2.18. The summed E-state index contributed by atoms with van der Waals surface area (Å²) < 4.78 is 0.624. The molecular weight excluding hydrogens is 318 g/mol. The molecule has 0 saturated carbocycles. The van der Waals surface area contributed by atoms with Gasteiger partial charge in [-0.15, -0.1) is 0 Å². The molecule has 1 aliphatic heterocycles. The SMILES string of the molecule is O=C(O)c1ccc(Br)cc1N1CC(C(=O)O)CC1=O. The lowest BCUT2D eigenvalue weighted by molar-refractivity contribution is -0.141. The lowest BCUT2D eigenvalue weighted by Crippen LogP contribution is -2.27. The highest BCUT2D eigenvalue weighted by molar-refractivity contribution is 9.10. The van der Waals surface area contributed by atoms with Crippen molar-refractivity contribution < 1.29 is 24.6 Å². The predicted molar refractivity (Wildman–Crippen MR) is 69.2 cm³/mol. The molecule has 2 N–H and O–H groups in total. The lowest BCUT2D eigenvalue weighted by atomic mass is 10.1. The molecule has 0 aliphatic carbocycles. The van der Waals surface area contributed by atoms with Crippen LogP contribution in [0.1, 0.15) is 16.8 Å². The van der Waals surface area contributed by atoms with Crippen molar-refractivity contribution in [3.05, 3.63) is 28.2 Å². The normalized spacial score (nSPS) is 18.7. The van der Waals surface area contributed by atoms with Gasteiger partial charge >= 0.3 is 11.9 Å². The fraction of sp³-hybridized carbons (Fsp3) is 0.250. The minimum atomic E-state index is -1.16. The first-order valence-electron chi connectivity index (χ1n) is 5.46. The Hall–Kier alpha value is -1.89. The van der Waals surface area contributed by atoms with Crippen LogP contribution in [0.15, 0.2) is 22.7 Å². The number of carbonyl (C=O) groups is 3. The van der Waals surface area contributed by atoms with Crippen LogP contribution in [-0.4, -0.2) is 34.6 Å². The van der Waals surface area contributed by atoms with Gasteiger partial charge in [-0.1, -0.05) is 15.9 Å². The first-order chi connectivity index (χ1) is 8.90. The highest BCUT2D eigenvalue weighted by Crippen LogP contribution is 2.30. The van der Waals surface area contributed by atoms with Crippen molar-refractivity contribution >= 4 is 39.5 Å². The summed E-state index contributed by atoms with van der Waals surface area (Å²) in [6.07, 6.45) is -0.110. The third-order valence-electron chi connectivity index (χ3n) is 2.96. The zero-order valence-corrected chi connectivity index (χ0v) is 11.3. The van der Waals surface area contributed by atoms with Gasteiger partial charge in [0.15, 0.2) is 0 Å². The molecule has 0 radical (unpaired) electrons. The first kappa shape index (κ1) is 13.5. The largest absolute Gasteiger partial charge is 0.481 e. The quantitative estimate of drug-likeness (QED) is 0.878. The molecule has 0 bridgehead atoms. The number of benzene rings is 1. The number of hydrogen-bond donors (Lipinski definition) is 2. The molecule has 1 aliphatic rings. The fourth-order valence-electron chi connectivity index (χ4n) is 2.01. The molecule has 1 aromatic carbocycles. The molecule has 1 heterocycles. The molecule has 2 rings (SSSR count). The maximum absolute atomic E-state index is 11.8. The molecule has 100 valence electrons. The van der Waals surface area contributed by atoms with Gasteiger partial charge in [-0.2, -0.15) is 0 Å². The molecule has 19 heavy (non-hydrogen) atoms. The Morgan fingerprint density at radius 3 is 2.53 bits per heavy atom. The van der Waals surface area contributed by atoms with E-state index in [0.717, 1.165) is 0 Å². The van der Waals surface area contributed by atoms with E-state index in [-0.39, 0.29) is 30.1 Å². The molecule has 7 heteroatoms. The Morgan fingerprint density at radius 2 is 2.00 bits per heavy atom. The van der Waals surface area contributed by atoms with Crippen LogP contribution in [0.2, 0.25) is 0 Å². The number of halogens is 1. The van der Waals surface area contributed by atoms with Crippen LogP contribution in [0.5, 0.6) is 0 Å². The second-order valence-corrected chi connectivity index (χ2v) is 5.13. The van der Waals surface area contributed by atoms with Crippen LogP contribution < -0.4 is 4.90 Å². The van der Waals surface area contributed by atoms with Gasteiger partial charge in [0.25, 0.3) is 0 Å². The molecule has 1 saturated heterocycles. The molecule has 1 atom stereocenters. The maximum Gasteiger partial charge on any atom is 0.337 e. The summed E-state index contributed by atoms with van der Waals surface area (Å²) in [6, 6.07) is 4.44. The van der Waals surface area contributed by atoms with E-state index < -0.39 is 17.9 Å². The molecule has 0 spiro atoms. The highest BCUT2D eigenvalue weighted by atomic mass is 79.9. The van der Waals surface area contributed by atoms with E-state index >= 15 is 0 Å². The number of aliphatic carboxylic acids is 1. The number of hydrogen-bond acceptors (Lipinski definition) is 3. The minimum Gasteiger partial charge on any atom is -0.481 e. The number of carboxylic acids is 2. The van der Waals surface area contributed by atoms with E-state index in [0.29, 0.717) is 4.47 Å². The van der Waals surface area contributed by atoms with Crippen LogP contribution in [0.4, 0.5) is 5.69 Å². The minimum absolute atomic E-state index is 0.00903. The summed E-state index contributed by atoms with van der Waals surface area (Å²) in [5, 5.41) is 18.0. The Kier molecular flexibility index (Phi) is 3.57. The monoisotopic (exact) mass is 327 g/mol. The van der Waals surface area contributed by atoms with Gasteiger partial charge in [-0.25, -0.2) is 4.79 Å². The van der Waals surface area contributed by atoms with Crippen molar-refractivity contribution in [3.8, 4) is 0 Å². The molecule has 0 aromatic heterocycles. The smallest absolute Gasteiger partial charge is 0.337 e. The van der Waals surface area contributed by atoms with Gasteiger partial charge < -0.3 is 15.1 Å². The third kappa shape index (κ3) is 2.60. The number of aromatic carboxylic acids is 1. The standard InChI is InChI=1S/C12H10BrNO5/c13-7-1-2-8(12(18)19)9(4-7)14-5-6(11(16)17)3-10(14)15/h1-2,4,6H,3,5H2,(H,16,17)(H,18,19). The number of amides is 1. The van der Waals surface area contributed by atoms with Gasteiger partial charge in [-0.3, -0.25) is 9.59 Å². The van der Waals surface area contributed by atoms with E-state index in [2.05, 4.69) is 15.9 Å². The molecule has 1 amide bonds. The summed E-state index contributed by atoms with van der Waals surface area (Å²) in [4.78, 5) is 35.1. The summed E-state index contributed by atoms with van der Waals surface area (Å²) in [5.41, 5.74) is 0.193. The topological polar surface area (TPSA) is 94.9 Å². The summed E-state index contributed by atoms with van der Waals surface area (Å²) in [6.45, 7) is -0.00903. The average molecular weight is 328 g/mol. The fourth-order valence-corrected chi connectivity index (χ4v) is 2.36. The van der Waals surface area contributed by atoms with Crippen LogP contribution in [0.25, 0.3) is 0 Å². The molecule has 1 fully saturated rings. The van der Waals surface area contributed by atoms with Crippen molar-refractivity contribution in [2.45, 2.75) is 6.42 Å². The van der Waals surface area contributed by atoms with Gasteiger partial charge in [0.1, 0.15) is 0 Å². The number of anilines is 1. The summed E-state index contributed by atoms with van der Waals surface area (Å²) in [5.74, 6) is -3.39. The zero-order valence-electron chi connectivity index (χ0n) is 9.67. The second kappa shape index (κ2) is 5.00. The van der Waals surface area contributed by atoms with Crippen LogP contribution >= 0.6 is 15.9 Å². The average Bonchev–Trinajstić information content (AvgIpc) is 2.71. The Labute approximate surface area is 116 Å². The third-order valence-corrected chi connectivity index (χ3v) is 3.45. The number of rotatable bonds is 3. The van der Waals surface area contributed by atoms with Gasteiger partial charge in [0.2, 0.25) is 5.91 Å². The maximum atomic E-state index is 11.8. The number of carbonyl (C=O) groups excluding carboxylic acids is 1. The van der Waals surface area contributed by atoms with E-state index in [1.54, 1.807) is 6.07 Å². The van der Waals surface area contributed by atoms with E-state index in [1.165, 1.54) is 17.0 Å². The summed E-state index contributed by atoms with van der Waals surface area (Å²) in [7, 11) is 0. The van der Waals surface area contributed by atoms with Crippen LogP contribution in [0.3, 0.4) is 0 Å². The van der Waals surface area contributed by atoms with E-state index in [4.69, 9.17) is 10.2 Å². The first-order valence-corrected chi connectivity index (χ1v) is 6.25. The molecule has 1 unspecified atom stereocenters. The zero-order chi connectivity index (χ0) is 14.2. The van der Waals surface area contributed by atoms with E-state index in [9.17, 15) is 14.4 Å². The van der Waals surface area contributed by atoms with Crippen molar-refractivity contribution in [1.82, 2.24) is 0 Å². The van der Waals surface area contributed by atoms with Crippen molar-refractivity contribution in [2.24, 2.45) is 5.92 Å². The highest BCUT2D eigenvalue weighted by Gasteiger charge is 2.36. The van der Waals surface area contributed by atoms with Crippen molar-refractivity contribution in [3.63, 3.8) is 0 Å². The molecule has 1 aromatic rings. The van der Waals surface area contributed by atoms with Gasteiger partial charge in [-0.05, 0) is 18.2 Å². The van der Waals surface area contributed by atoms with Crippen molar-refractivity contribution in [1.29, 1.82) is 0 Å². The van der Waals surface area contributed by atoms with Crippen LogP contribution in [-0.2, 0) is 9.59 Å².